The Bertz CT molecular complexity index is 360. The molecule has 0 radical (unpaired) electrons. The van der Waals surface area contributed by atoms with Crippen molar-refractivity contribution in [2.24, 2.45) is 11.3 Å². The van der Waals surface area contributed by atoms with Gasteiger partial charge in [-0.3, -0.25) is 0 Å². The first kappa shape index (κ1) is 20.2. The zero-order chi connectivity index (χ0) is 17.6. The van der Waals surface area contributed by atoms with Gasteiger partial charge in [-0.2, -0.15) is 0 Å². The average molecular weight is 343 g/mol. The van der Waals surface area contributed by atoms with Gasteiger partial charge in [0, 0.05) is 21.3 Å². The van der Waals surface area contributed by atoms with Crippen LogP contribution in [0.25, 0.3) is 0 Å². The van der Waals surface area contributed by atoms with Gasteiger partial charge in [0.05, 0.1) is 17.6 Å². The summed E-state index contributed by atoms with van der Waals surface area (Å²) in [6, 6.07) is 0. The molecule has 24 heavy (non-hydrogen) atoms. The summed E-state index contributed by atoms with van der Waals surface area (Å²) in [7, 11) is 5.10. The van der Waals surface area contributed by atoms with Crippen molar-refractivity contribution in [2.75, 3.05) is 21.3 Å². The molecule has 1 aliphatic heterocycles. The molecular weight excluding hydrogens is 304 g/mol. The Hall–Kier alpha value is -0.160. The van der Waals surface area contributed by atoms with E-state index in [0.717, 1.165) is 19.3 Å². The smallest absolute Gasteiger partial charge is 0.288 e. The van der Waals surface area contributed by atoms with Gasteiger partial charge in [0.2, 0.25) is 0 Å². The van der Waals surface area contributed by atoms with Crippen LogP contribution in [0.5, 0.6) is 0 Å². The van der Waals surface area contributed by atoms with Crippen molar-refractivity contribution in [2.45, 2.75) is 96.2 Å². The molecule has 2 rings (SSSR count). The second-order valence-corrected chi connectivity index (χ2v) is 7.83. The van der Waals surface area contributed by atoms with Crippen LogP contribution in [0, 0.1) is 11.3 Å². The maximum Gasteiger partial charge on any atom is 0.288 e. The molecule has 0 spiro atoms. The van der Waals surface area contributed by atoms with E-state index >= 15 is 0 Å². The molecule has 0 aromatic heterocycles. The third kappa shape index (κ3) is 4.14. The lowest BCUT2D eigenvalue weighted by atomic mass is 9.65. The van der Waals surface area contributed by atoms with Crippen LogP contribution >= 0.6 is 0 Å². The van der Waals surface area contributed by atoms with Crippen molar-refractivity contribution in [3.8, 4) is 0 Å². The summed E-state index contributed by atoms with van der Waals surface area (Å²) in [4.78, 5) is 0. The highest BCUT2D eigenvalue weighted by Gasteiger charge is 2.58. The molecule has 4 atom stereocenters. The van der Waals surface area contributed by atoms with Crippen LogP contribution in [0.1, 0.15) is 78.1 Å². The summed E-state index contributed by atoms with van der Waals surface area (Å²) in [5.41, 5.74) is -0.160. The van der Waals surface area contributed by atoms with Gasteiger partial charge in [-0.1, -0.05) is 52.4 Å². The van der Waals surface area contributed by atoms with E-state index in [1.165, 1.54) is 44.9 Å². The molecule has 4 nitrogen and oxygen atoms in total. The highest BCUT2D eigenvalue weighted by molar-refractivity contribution is 5.00. The molecular formula is C20H38O4. The monoisotopic (exact) mass is 342 g/mol. The lowest BCUT2D eigenvalue weighted by molar-refractivity contribution is -0.415. The molecule has 1 aliphatic carbocycles. The fourth-order valence-corrected chi connectivity index (χ4v) is 4.81. The Morgan fingerprint density at radius 3 is 2.08 bits per heavy atom. The number of epoxide rings is 1. The molecule has 0 amide bonds. The highest BCUT2D eigenvalue weighted by Crippen LogP contribution is 2.54. The van der Waals surface area contributed by atoms with Crippen LogP contribution in [-0.2, 0) is 18.9 Å². The standard InChI is InChI=1S/C20H38O4/c1-6-7-8-9-10-11-14-19(2,20(21-3,22-4)23-5)16-12-13-17-18(15-16)24-17/h16-18H,6-15H2,1-5H3. The van der Waals surface area contributed by atoms with E-state index in [1.54, 1.807) is 21.3 Å². The lowest BCUT2D eigenvalue weighted by Gasteiger charge is -2.50. The predicted molar refractivity (Wildman–Crippen MR) is 95.9 cm³/mol. The molecule has 0 N–H and O–H groups in total. The molecule has 1 heterocycles. The zero-order valence-electron chi connectivity index (χ0n) is 16.4. The summed E-state index contributed by atoms with van der Waals surface area (Å²) < 4.78 is 23.2. The number of ether oxygens (including phenoxy) is 4. The first-order valence-electron chi connectivity index (χ1n) is 9.87. The zero-order valence-corrected chi connectivity index (χ0v) is 16.4. The van der Waals surface area contributed by atoms with Gasteiger partial charge in [0.15, 0.2) is 0 Å². The van der Waals surface area contributed by atoms with Crippen molar-refractivity contribution in [3.63, 3.8) is 0 Å². The van der Waals surface area contributed by atoms with E-state index in [9.17, 15) is 0 Å². The first-order chi connectivity index (χ1) is 11.6. The van der Waals surface area contributed by atoms with Crippen LogP contribution in [-0.4, -0.2) is 39.5 Å². The average Bonchev–Trinajstić information content (AvgIpc) is 3.38. The van der Waals surface area contributed by atoms with Crippen molar-refractivity contribution in [1.82, 2.24) is 0 Å². The number of fused-ring (bicyclic) bond motifs is 1. The van der Waals surface area contributed by atoms with Crippen LogP contribution in [0.2, 0.25) is 0 Å². The maximum atomic E-state index is 5.81. The summed E-state index contributed by atoms with van der Waals surface area (Å²) in [6.45, 7) is 4.56. The van der Waals surface area contributed by atoms with E-state index in [4.69, 9.17) is 18.9 Å². The fraction of sp³-hybridized carbons (Fsp3) is 1.00. The highest BCUT2D eigenvalue weighted by atomic mass is 16.9. The molecule has 142 valence electrons. The predicted octanol–water partition coefficient (Wildman–Crippen LogP) is 4.90. The number of hydrogen-bond donors (Lipinski definition) is 0. The van der Waals surface area contributed by atoms with E-state index in [0.29, 0.717) is 18.1 Å². The Balaban J connectivity index is 2.02. The minimum absolute atomic E-state index is 0.160. The van der Waals surface area contributed by atoms with Gasteiger partial charge >= 0.3 is 0 Å². The van der Waals surface area contributed by atoms with Crippen LogP contribution in [0.15, 0.2) is 0 Å². The number of rotatable bonds is 12. The van der Waals surface area contributed by atoms with Gasteiger partial charge < -0.3 is 18.9 Å². The quantitative estimate of drug-likeness (QED) is 0.287. The molecule has 1 saturated heterocycles. The Morgan fingerprint density at radius 1 is 0.875 bits per heavy atom. The maximum absolute atomic E-state index is 5.81. The van der Waals surface area contributed by atoms with E-state index in [-0.39, 0.29) is 5.41 Å². The number of unbranched alkanes of at least 4 members (excludes halogenated alkanes) is 5. The Kier molecular flexibility index (Phi) is 7.54. The molecule has 4 heteroatoms. The largest absolute Gasteiger partial charge is 0.370 e. The van der Waals surface area contributed by atoms with Crippen molar-refractivity contribution >= 4 is 0 Å². The summed E-state index contributed by atoms with van der Waals surface area (Å²) in [5, 5.41) is 0. The van der Waals surface area contributed by atoms with Gasteiger partial charge in [-0.15, -0.1) is 0 Å². The van der Waals surface area contributed by atoms with E-state index < -0.39 is 5.97 Å². The molecule has 4 unspecified atom stereocenters. The third-order valence-electron chi connectivity index (χ3n) is 6.46. The molecule has 0 bridgehead atoms. The van der Waals surface area contributed by atoms with Crippen LogP contribution in [0.4, 0.5) is 0 Å². The second kappa shape index (κ2) is 8.98. The van der Waals surface area contributed by atoms with Crippen LogP contribution in [0.3, 0.4) is 0 Å². The molecule has 2 aliphatic rings. The van der Waals surface area contributed by atoms with E-state index in [1.807, 2.05) is 0 Å². The summed E-state index contributed by atoms with van der Waals surface area (Å²) in [6.07, 6.45) is 13.3. The topological polar surface area (TPSA) is 40.2 Å². The third-order valence-corrected chi connectivity index (χ3v) is 6.46. The Morgan fingerprint density at radius 2 is 1.50 bits per heavy atom. The van der Waals surface area contributed by atoms with Crippen LogP contribution < -0.4 is 0 Å². The van der Waals surface area contributed by atoms with Gasteiger partial charge in [-0.25, -0.2) is 0 Å². The first-order valence-corrected chi connectivity index (χ1v) is 9.87. The normalized spacial score (nSPS) is 29.1. The number of methoxy groups -OCH3 is 3. The summed E-state index contributed by atoms with van der Waals surface area (Å²) in [5.74, 6) is -0.459. The second-order valence-electron chi connectivity index (χ2n) is 7.83. The molecule has 0 aromatic rings. The minimum atomic E-state index is -0.969. The van der Waals surface area contributed by atoms with Gasteiger partial charge in [0.1, 0.15) is 0 Å². The van der Waals surface area contributed by atoms with Gasteiger partial charge in [0.25, 0.3) is 5.97 Å². The SMILES string of the molecule is CCCCCCCCC(C)(C1CCC2OC2C1)C(OC)(OC)OC. The van der Waals surface area contributed by atoms with Gasteiger partial charge in [-0.05, 0) is 31.6 Å². The Labute approximate surface area is 148 Å². The minimum Gasteiger partial charge on any atom is -0.370 e. The molecule has 2 fully saturated rings. The van der Waals surface area contributed by atoms with E-state index in [2.05, 4.69) is 13.8 Å². The summed E-state index contributed by atoms with van der Waals surface area (Å²) >= 11 is 0. The van der Waals surface area contributed by atoms with Crippen molar-refractivity contribution in [1.29, 1.82) is 0 Å². The fourth-order valence-electron chi connectivity index (χ4n) is 4.81. The van der Waals surface area contributed by atoms with Crippen molar-refractivity contribution in [3.05, 3.63) is 0 Å². The molecule has 1 saturated carbocycles. The number of hydrogen-bond acceptors (Lipinski definition) is 4. The lowest BCUT2D eigenvalue weighted by Crippen LogP contribution is -2.55. The molecule has 0 aromatic carbocycles. The van der Waals surface area contributed by atoms with Crippen molar-refractivity contribution < 1.29 is 18.9 Å².